The summed E-state index contributed by atoms with van der Waals surface area (Å²) in [5.74, 6) is -0.831. The number of likely N-dealkylation sites (tertiary alicyclic amines) is 1. The quantitative estimate of drug-likeness (QED) is 0.927. The van der Waals surface area contributed by atoms with Gasteiger partial charge in [0.1, 0.15) is 5.75 Å². The predicted molar refractivity (Wildman–Crippen MR) is 76.4 cm³/mol. The molecule has 2 heterocycles. The van der Waals surface area contributed by atoms with E-state index >= 15 is 0 Å². The van der Waals surface area contributed by atoms with Crippen LogP contribution < -0.4 is 4.74 Å². The maximum atomic E-state index is 12.3. The van der Waals surface area contributed by atoms with Gasteiger partial charge in [0.25, 0.3) is 5.91 Å². The van der Waals surface area contributed by atoms with Crippen molar-refractivity contribution in [3.8, 4) is 5.75 Å². The summed E-state index contributed by atoms with van der Waals surface area (Å²) in [5, 5.41) is 10.6. The van der Waals surface area contributed by atoms with Gasteiger partial charge in [0.2, 0.25) is 0 Å². The van der Waals surface area contributed by atoms with Gasteiger partial charge in [-0.15, -0.1) is 11.3 Å². The smallest absolute Gasteiger partial charge is 0.349 e. The zero-order valence-corrected chi connectivity index (χ0v) is 12.5. The molecule has 1 aromatic heterocycles. The minimum absolute atomic E-state index is 0.0766. The van der Waals surface area contributed by atoms with Crippen LogP contribution in [0.1, 0.15) is 42.8 Å². The minimum Gasteiger partial charge on any atom is -0.482 e. The van der Waals surface area contributed by atoms with Crippen molar-refractivity contribution in [2.24, 2.45) is 0 Å². The first-order valence-electron chi connectivity index (χ1n) is 6.75. The first kappa shape index (κ1) is 14.8. The number of carbonyl (C=O) groups excluding carboxylic acids is 1. The Kier molecular flexibility index (Phi) is 4.65. The highest BCUT2D eigenvalue weighted by atomic mass is 32.1. The first-order chi connectivity index (χ1) is 9.50. The number of carboxylic acid groups (broad SMARTS) is 1. The van der Waals surface area contributed by atoms with E-state index in [4.69, 9.17) is 9.84 Å². The number of nitrogens with zero attached hydrogens (tertiary/aromatic N) is 1. The molecule has 0 spiro atoms. The summed E-state index contributed by atoms with van der Waals surface area (Å²) in [5.41, 5.74) is 0. The summed E-state index contributed by atoms with van der Waals surface area (Å²) in [6, 6.07) is 2.03. The lowest BCUT2D eigenvalue weighted by Gasteiger charge is -2.38. The number of carboxylic acids is 1. The largest absolute Gasteiger partial charge is 0.482 e. The minimum atomic E-state index is -1.03. The van der Waals surface area contributed by atoms with Crippen molar-refractivity contribution in [3.63, 3.8) is 0 Å². The number of carbonyl (C=O) groups is 2. The fraction of sp³-hybridized carbons (Fsp3) is 0.571. The molecule has 2 rings (SSSR count). The molecule has 0 aromatic carbocycles. The first-order valence-corrected chi connectivity index (χ1v) is 7.63. The average molecular weight is 297 g/mol. The van der Waals surface area contributed by atoms with Crippen LogP contribution in [0, 0.1) is 0 Å². The Morgan fingerprint density at radius 2 is 2.05 bits per heavy atom. The van der Waals surface area contributed by atoms with Crippen LogP contribution in [0.2, 0.25) is 0 Å². The molecule has 0 bridgehead atoms. The SMILES string of the molecule is CC1CCCC(C)N1C(=O)COc1ccsc1C(=O)O. The third-order valence-corrected chi connectivity index (χ3v) is 4.54. The van der Waals surface area contributed by atoms with E-state index in [9.17, 15) is 9.59 Å². The lowest BCUT2D eigenvalue weighted by atomic mass is 9.97. The summed E-state index contributed by atoms with van der Waals surface area (Å²) in [6.07, 6.45) is 3.16. The zero-order chi connectivity index (χ0) is 14.7. The number of piperidine rings is 1. The van der Waals surface area contributed by atoms with Gasteiger partial charge < -0.3 is 14.7 Å². The van der Waals surface area contributed by atoms with Crippen LogP contribution >= 0.6 is 11.3 Å². The molecule has 2 atom stereocenters. The predicted octanol–water partition coefficient (Wildman–Crippen LogP) is 2.61. The van der Waals surface area contributed by atoms with Crippen LogP contribution in [-0.2, 0) is 4.79 Å². The lowest BCUT2D eigenvalue weighted by molar-refractivity contribution is -0.139. The molecular formula is C14H19NO4S. The fourth-order valence-corrected chi connectivity index (χ4v) is 3.37. The highest BCUT2D eigenvalue weighted by Gasteiger charge is 2.29. The number of hydrogen-bond donors (Lipinski definition) is 1. The average Bonchev–Trinajstić information content (AvgIpc) is 2.84. The Hall–Kier alpha value is -1.56. The van der Waals surface area contributed by atoms with Crippen LogP contribution in [0.5, 0.6) is 5.75 Å². The van der Waals surface area contributed by atoms with Crippen molar-refractivity contribution < 1.29 is 19.4 Å². The van der Waals surface area contributed by atoms with E-state index in [1.807, 2.05) is 18.7 Å². The standard InChI is InChI=1S/C14H19NO4S/c1-9-4-3-5-10(2)15(9)12(16)8-19-11-6-7-20-13(11)14(17)18/h6-7,9-10H,3-5,8H2,1-2H3,(H,17,18). The number of rotatable bonds is 4. The Labute approximate surface area is 122 Å². The highest BCUT2D eigenvalue weighted by molar-refractivity contribution is 7.12. The molecule has 1 aliphatic rings. The van der Waals surface area contributed by atoms with Crippen LogP contribution in [0.25, 0.3) is 0 Å². The van der Waals surface area contributed by atoms with Gasteiger partial charge in [-0.2, -0.15) is 0 Å². The summed E-state index contributed by atoms with van der Waals surface area (Å²) >= 11 is 1.10. The molecule has 0 radical (unpaired) electrons. The van der Waals surface area contributed by atoms with Gasteiger partial charge in [0.05, 0.1) is 0 Å². The van der Waals surface area contributed by atoms with Crippen LogP contribution in [-0.4, -0.2) is 40.6 Å². The second kappa shape index (κ2) is 6.26. The van der Waals surface area contributed by atoms with Gasteiger partial charge in [-0.05, 0) is 44.6 Å². The molecular weight excluding hydrogens is 278 g/mol. The van der Waals surface area contributed by atoms with Crippen LogP contribution in [0.3, 0.4) is 0 Å². The van der Waals surface area contributed by atoms with E-state index in [-0.39, 0.29) is 35.2 Å². The van der Waals surface area contributed by atoms with E-state index < -0.39 is 5.97 Å². The molecule has 110 valence electrons. The van der Waals surface area contributed by atoms with Crippen molar-refractivity contribution in [1.82, 2.24) is 4.90 Å². The van der Waals surface area contributed by atoms with Crippen LogP contribution in [0.15, 0.2) is 11.4 Å². The third-order valence-electron chi connectivity index (χ3n) is 3.66. The maximum Gasteiger partial charge on any atom is 0.349 e. The van der Waals surface area contributed by atoms with E-state index in [1.54, 1.807) is 11.4 Å². The summed E-state index contributed by atoms with van der Waals surface area (Å²) < 4.78 is 5.39. The molecule has 1 fully saturated rings. The van der Waals surface area contributed by atoms with Gasteiger partial charge in [-0.3, -0.25) is 4.79 Å². The summed E-state index contributed by atoms with van der Waals surface area (Å²) in [6.45, 7) is 3.98. The summed E-state index contributed by atoms with van der Waals surface area (Å²) in [4.78, 5) is 25.2. The highest BCUT2D eigenvalue weighted by Crippen LogP contribution is 2.26. The molecule has 1 saturated heterocycles. The zero-order valence-electron chi connectivity index (χ0n) is 11.7. The molecule has 0 aliphatic carbocycles. The molecule has 1 aliphatic heterocycles. The van der Waals surface area contributed by atoms with Crippen molar-refractivity contribution in [2.75, 3.05) is 6.61 Å². The van der Waals surface area contributed by atoms with Gasteiger partial charge in [-0.1, -0.05) is 0 Å². The molecule has 1 amide bonds. The molecule has 20 heavy (non-hydrogen) atoms. The monoisotopic (exact) mass is 297 g/mol. The van der Waals surface area contributed by atoms with Gasteiger partial charge >= 0.3 is 5.97 Å². The number of aromatic carboxylic acids is 1. The number of ether oxygens (including phenoxy) is 1. The second-order valence-corrected chi connectivity index (χ2v) is 6.05. The second-order valence-electron chi connectivity index (χ2n) is 5.14. The Morgan fingerprint density at radius 1 is 1.40 bits per heavy atom. The van der Waals surface area contributed by atoms with Crippen LogP contribution in [0.4, 0.5) is 0 Å². The van der Waals surface area contributed by atoms with Crippen molar-refractivity contribution in [3.05, 3.63) is 16.3 Å². The third kappa shape index (κ3) is 3.12. The lowest BCUT2D eigenvalue weighted by Crippen LogP contribution is -2.49. The molecule has 1 N–H and O–H groups in total. The normalized spacial score (nSPS) is 22.6. The summed E-state index contributed by atoms with van der Waals surface area (Å²) in [7, 11) is 0. The number of amides is 1. The van der Waals surface area contributed by atoms with Crippen molar-refractivity contribution >= 4 is 23.2 Å². The van der Waals surface area contributed by atoms with Gasteiger partial charge in [0, 0.05) is 12.1 Å². The van der Waals surface area contributed by atoms with E-state index in [1.165, 1.54) is 0 Å². The van der Waals surface area contributed by atoms with E-state index in [0.717, 1.165) is 30.6 Å². The number of hydrogen-bond acceptors (Lipinski definition) is 4. The Bertz CT molecular complexity index is 489. The fourth-order valence-electron chi connectivity index (χ4n) is 2.69. The Balaban J connectivity index is 1.98. The van der Waals surface area contributed by atoms with Gasteiger partial charge in [0.15, 0.2) is 11.5 Å². The molecule has 1 aromatic rings. The van der Waals surface area contributed by atoms with Gasteiger partial charge in [-0.25, -0.2) is 4.79 Å². The Morgan fingerprint density at radius 3 is 2.65 bits per heavy atom. The number of thiophene rings is 1. The molecule has 2 unspecified atom stereocenters. The maximum absolute atomic E-state index is 12.3. The topological polar surface area (TPSA) is 66.8 Å². The van der Waals surface area contributed by atoms with Crippen molar-refractivity contribution in [1.29, 1.82) is 0 Å². The molecule has 5 nitrogen and oxygen atoms in total. The van der Waals surface area contributed by atoms with Crippen molar-refractivity contribution in [2.45, 2.75) is 45.2 Å². The van der Waals surface area contributed by atoms with E-state index in [2.05, 4.69) is 0 Å². The molecule has 0 saturated carbocycles. The van der Waals surface area contributed by atoms with E-state index in [0.29, 0.717) is 0 Å². The molecule has 6 heteroatoms.